The molecule has 0 bridgehead atoms. The summed E-state index contributed by atoms with van der Waals surface area (Å²) in [6, 6.07) is 12.5. The maximum absolute atomic E-state index is 5.88. The van der Waals surface area contributed by atoms with Crippen LogP contribution in [0.5, 0.6) is 11.5 Å². The fourth-order valence-corrected chi connectivity index (χ4v) is 2.50. The molecule has 22 heavy (non-hydrogen) atoms. The van der Waals surface area contributed by atoms with E-state index in [2.05, 4.69) is 50.4 Å². The van der Waals surface area contributed by atoms with Gasteiger partial charge in [0.2, 0.25) is 0 Å². The average Bonchev–Trinajstić information content (AvgIpc) is 2.50. The van der Waals surface area contributed by atoms with Gasteiger partial charge < -0.3 is 14.8 Å². The smallest absolute Gasteiger partial charge is 0.166 e. The van der Waals surface area contributed by atoms with Gasteiger partial charge in [-0.25, -0.2) is 0 Å². The Kier molecular flexibility index (Phi) is 5.70. The zero-order valence-corrected chi connectivity index (χ0v) is 13.9. The molecule has 3 nitrogen and oxygen atoms in total. The van der Waals surface area contributed by atoms with Gasteiger partial charge in [0.1, 0.15) is 0 Å². The third-order valence-corrected chi connectivity index (χ3v) is 3.44. The predicted octanol–water partition coefficient (Wildman–Crippen LogP) is 4.71. The molecule has 0 aromatic heterocycles. The van der Waals surface area contributed by atoms with E-state index in [1.165, 1.54) is 11.1 Å². The van der Waals surface area contributed by atoms with Crippen molar-refractivity contribution in [2.24, 2.45) is 0 Å². The number of methoxy groups -OCH3 is 1. The lowest BCUT2D eigenvalue weighted by Gasteiger charge is -2.16. The van der Waals surface area contributed by atoms with E-state index >= 15 is 0 Å². The Morgan fingerprint density at radius 1 is 1.05 bits per heavy atom. The SMILES string of the molecule is CCCOc1c(CNc2cc(C)cc(C)c2)cccc1OC. The van der Waals surface area contributed by atoms with Crippen LogP contribution in [0.2, 0.25) is 0 Å². The Hall–Kier alpha value is -2.16. The number of nitrogens with one attached hydrogen (secondary N) is 1. The van der Waals surface area contributed by atoms with Crippen molar-refractivity contribution in [3.63, 3.8) is 0 Å². The number of para-hydroxylation sites is 1. The van der Waals surface area contributed by atoms with Crippen LogP contribution >= 0.6 is 0 Å². The minimum absolute atomic E-state index is 0.691. The highest BCUT2D eigenvalue weighted by Gasteiger charge is 2.10. The molecule has 0 atom stereocenters. The summed E-state index contributed by atoms with van der Waals surface area (Å²) in [5, 5.41) is 3.48. The quantitative estimate of drug-likeness (QED) is 0.803. The molecule has 2 aromatic rings. The van der Waals surface area contributed by atoms with Crippen LogP contribution in [0.15, 0.2) is 36.4 Å². The van der Waals surface area contributed by atoms with E-state index in [-0.39, 0.29) is 0 Å². The number of aryl methyl sites for hydroxylation is 2. The molecular weight excluding hydrogens is 274 g/mol. The van der Waals surface area contributed by atoms with Crippen molar-refractivity contribution in [2.75, 3.05) is 19.0 Å². The Morgan fingerprint density at radius 2 is 1.77 bits per heavy atom. The third kappa shape index (κ3) is 4.17. The van der Waals surface area contributed by atoms with Crippen LogP contribution in [0, 0.1) is 13.8 Å². The lowest BCUT2D eigenvalue weighted by atomic mass is 10.1. The van der Waals surface area contributed by atoms with E-state index < -0.39 is 0 Å². The van der Waals surface area contributed by atoms with Crippen LogP contribution < -0.4 is 14.8 Å². The molecule has 118 valence electrons. The molecule has 0 aliphatic rings. The summed E-state index contributed by atoms with van der Waals surface area (Å²) in [5.41, 5.74) is 4.75. The summed E-state index contributed by atoms with van der Waals surface area (Å²) in [4.78, 5) is 0. The van der Waals surface area contributed by atoms with Crippen molar-refractivity contribution in [1.29, 1.82) is 0 Å². The van der Waals surface area contributed by atoms with Crippen molar-refractivity contribution >= 4 is 5.69 Å². The molecule has 0 saturated carbocycles. The zero-order chi connectivity index (χ0) is 15.9. The van der Waals surface area contributed by atoms with Crippen molar-refractivity contribution < 1.29 is 9.47 Å². The number of anilines is 1. The second-order valence-electron chi connectivity index (χ2n) is 5.53. The maximum atomic E-state index is 5.88. The Bertz CT molecular complexity index is 603. The molecule has 0 saturated heterocycles. The summed E-state index contributed by atoms with van der Waals surface area (Å²) < 4.78 is 11.3. The molecule has 0 aliphatic carbocycles. The van der Waals surface area contributed by atoms with Crippen molar-refractivity contribution in [3.05, 3.63) is 53.1 Å². The second-order valence-corrected chi connectivity index (χ2v) is 5.53. The molecule has 0 aliphatic heterocycles. The van der Waals surface area contributed by atoms with Gasteiger partial charge in [-0.05, 0) is 49.6 Å². The summed E-state index contributed by atoms with van der Waals surface area (Å²) in [7, 11) is 1.68. The summed E-state index contributed by atoms with van der Waals surface area (Å²) in [6.07, 6.45) is 0.974. The van der Waals surface area contributed by atoms with E-state index in [4.69, 9.17) is 9.47 Å². The molecule has 0 amide bonds. The molecule has 0 spiro atoms. The number of rotatable bonds is 7. The first kappa shape index (κ1) is 16.2. The minimum Gasteiger partial charge on any atom is -0.493 e. The highest BCUT2D eigenvalue weighted by Crippen LogP contribution is 2.31. The minimum atomic E-state index is 0.691. The van der Waals surface area contributed by atoms with Gasteiger partial charge in [0.15, 0.2) is 11.5 Å². The lowest BCUT2D eigenvalue weighted by molar-refractivity contribution is 0.291. The topological polar surface area (TPSA) is 30.5 Å². The van der Waals surface area contributed by atoms with Gasteiger partial charge in [-0.1, -0.05) is 25.1 Å². The van der Waals surface area contributed by atoms with Crippen LogP contribution in [0.4, 0.5) is 5.69 Å². The molecule has 3 heteroatoms. The van der Waals surface area contributed by atoms with Crippen LogP contribution in [0.1, 0.15) is 30.0 Å². The molecule has 2 rings (SSSR count). The zero-order valence-electron chi connectivity index (χ0n) is 13.9. The second kappa shape index (κ2) is 7.74. The molecule has 0 unspecified atom stereocenters. The largest absolute Gasteiger partial charge is 0.493 e. The first-order chi connectivity index (χ1) is 10.6. The first-order valence-corrected chi connectivity index (χ1v) is 7.75. The van der Waals surface area contributed by atoms with Crippen LogP contribution in [-0.4, -0.2) is 13.7 Å². The van der Waals surface area contributed by atoms with E-state index in [1.54, 1.807) is 7.11 Å². The summed E-state index contributed by atoms with van der Waals surface area (Å²) in [5.74, 6) is 1.62. The molecule has 2 aromatic carbocycles. The molecule has 0 heterocycles. The fourth-order valence-electron chi connectivity index (χ4n) is 2.50. The van der Waals surface area contributed by atoms with Crippen LogP contribution in [-0.2, 0) is 6.54 Å². The van der Waals surface area contributed by atoms with Gasteiger partial charge in [-0.2, -0.15) is 0 Å². The standard InChI is InChI=1S/C19H25NO2/c1-5-9-22-19-16(7-6-8-18(19)21-4)13-20-17-11-14(2)10-15(3)12-17/h6-8,10-12,20H,5,9,13H2,1-4H3. The molecule has 0 radical (unpaired) electrons. The monoisotopic (exact) mass is 299 g/mol. The highest BCUT2D eigenvalue weighted by molar-refractivity contribution is 5.52. The van der Waals surface area contributed by atoms with Gasteiger partial charge in [0.05, 0.1) is 13.7 Å². The Labute approximate surface area is 133 Å². The lowest BCUT2D eigenvalue weighted by Crippen LogP contribution is -2.05. The third-order valence-electron chi connectivity index (χ3n) is 3.44. The number of hydrogen-bond acceptors (Lipinski definition) is 3. The van der Waals surface area contributed by atoms with Gasteiger partial charge in [0, 0.05) is 17.8 Å². The van der Waals surface area contributed by atoms with Gasteiger partial charge >= 0.3 is 0 Å². The van der Waals surface area contributed by atoms with Crippen LogP contribution in [0.3, 0.4) is 0 Å². The number of hydrogen-bond donors (Lipinski definition) is 1. The van der Waals surface area contributed by atoms with Crippen molar-refractivity contribution in [3.8, 4) is 11.5 Å². The normalized spacial score (nSPS) is 10.4. The number of ether oxygens (including phenoxy) is 2. The van der Waals surface area contributed by atoms with Crippen molar-refractivity contribution in [2.45, 2.75) is 33.7 Å². The molecular formula is C19H25NO2. The van der Waals surface area contributed by atoms with E-state index in [1.807, 2.05) is 12.1 Å². The number of benzene rings is 2. The maximum Gasteiger partial charge on any atom is 0.166 e. The highest BCUT2D eigenvalue weighted by atomic mass is 16.5. The predicted molar refractivity (Wildman–Crippen MR) is 92.0 cm³/mol. The Morgan fingerprint density at radius 3 is 2.41 bits per heavy atom. The van der Waals surface area contributed by atoms with E-state index in [0.29, 0.717) is 13.2 Å². The van der Waals surface area contributed by atoms with Gasteiger partial charge in [-0.3, -0.25) is 0 Å². The van der Waals surface area contributed by atoms with Crippen molar-refractivity contribution in [1.82, 2.24) is 0 Å². The van der Waals surface area contributed by atoms with Crippen LogP contribution in [0.25, 0.3) is 0 Å². The van der Waals surface area contributed by atoms with Gasteiger partial charge in [0.25, 0.3) is 0 Å². The Balaban J connectivity index is 2.17. The van der Waals surface area contributed by atoms with Gasteiger partial charge in [-0.15, -0.1) is 0 Å². The summed E-state index contributed by atoms with van der Waals surface area (Å²) in [6.45, 7) is 7.72. The fraction of sp³-hybridized carbons (Fsp3) is 0.368. The first-order valence-electron chi connectivity index (χ1n) is 7.75. The van der Waals surface area contributed by atoms with E-state index in [0.717, 1.165) is 29.2 Å². The summed E-state index contributed by atoms with van der Waals surface area (Å²) >= 11 is 0. The average molecular weight is 299 g/mol. The molecule has 1 N–H and O–H groups in total. The van der Waals surface area contributed by atoms with E-state index in [9.17, 15) is 0 Å². The molecule has 0 fully saturated rings.